The van der Waals surface area contributed by atoms with Crippen molar-refractivity contribution in [1.29, 1.82) is 0 Å². The van der Waals surface area contributed by atoms with E-state index >= 15 is 0 Å². The van der Waals surface area contributed by atoms with Gasteiger partial charge >= 0.3 is 0 Å². The summed E-state index contributed by atoms with van der Waals surface area (Å²) >= 11 is 0. The fourth-order valence-electron chi connectivity index (χ4n) is 2.65. The van der Waals surface area contributed by atoms with E-state index in [1.54, 1.807) is 18.6 Å². The second kappa shape index (κ2) is 8.24. The molecule has 3 rings (SSSR count). The van der Waals surface area contributed by atoms with Crippen LogP contribution in [0.2, 0.25) is 0 Å². The van der Waals surface area contributed by atoms with Gasteiger partial charge in [-0.1, -0.05) is 18.2 Å². The summed E-state index contributed by atoms with van der Waals surface area (Å²) in [5, 5.41) is 0. The molecule has 0 aliphatic carbocycles. The van der Waals surface area contributed by atoms with E-state index in [1.807, 2.05) is 31.2 Å². The molecule has 1 atom stereocenters. The van der Waals surface area contributed by atoms with E-state index < -0.39 is 0 Å². The average molecular weight is 334 g/mol. The van der Waals surface area contributed by atoms with Crippen LogP contribution < -0.4 is 0 Å². The minimum Gasteiger partial charge on any atom is -0.267 e. The molecule has 4 nitrogen and oxygen atoms in total. The normalized spacial score (nSPS) is 15.2. The lowest BCUT2D eigenvalue weighted by atomic mass is 9.91. The smallest absolute Gasteiger partial charge is 0.141 e. The van der Waals surface area contributed by atoms with Crippen molar-refractivity contribution in [2.45, 2.75) is 19.3 Å². The van der Waals surface area contributed by atoms with Crippen LogP contribution in [-0.2, 0) is 6.42 Å². The zero-order chi connectivity index (χ0) is 17.5. The number of rotatable bonds is 6. The van der Waals surface area contributed by atoms with E-state index in [0.717, 1.165) is 29.1 Å². The van der Waals surface area contributed by atoms with Crippen LogP contribution in [0.15, 0.2) is 69.7 Å². The first kappa shape index (κ1) is 16.9. The van der Waals surface area contributed by atoms with Crippen LogP contribution in [0.25, 0.3) is 0 Å². The van der Waals surface area contributed by atoms with Crippen molar-refractivity contribution >= 4 is 24.0 Å². The van der Waals surface area contributed by atoms with Crippen molar-refractivity contribution in [3.05, 3.63) is 71.8 Å². The quantitative estimate of drug-likeness (QED) is 0.726. The zero-order valence-corrected chi connectivity index (χ0v) is 14.0. The fourth-order valence-corrected chi connectivity index (χ4v) is 2.65. The SMILES string of the molecule is C/C=C\C=Nc1ccc(CC(C2=NC=NC2)c2ccc(F)cn2)cc1. The van der Waals surface area contributed by atoms with Gasteiger partial charge in [0.1, 0.15) is 12.2 Å². The van der Waals surface area contributed by atoms with Crippen molar-refractivity contribution in [1.82, 2.24) is 4.98 Å². The van der Waals surface area contributed by atoms with Crippen LogP contribution in [-0.4, -0.2) is 29.8 Å². The number of pyridine rings is 1. The number of hydrogen-bond donors (Lipinski definition) is 0. The molecule has 0 bridgehead atoms. The number of aliphatic imine (C=N–C) groups is 3. The highest BCUT2D eigenvalue weighted by molar-refractivity contribution is 6.00. The third-order valence-electron chi connectivity index (χ3n) is 3.95. The maximum atomic E-state index is 13.2. The summed E-state index contributed by atoms with van der Waals surface area (Å²) in [7, 11) is 0. The van der Waals surface area contributed by atoms with Gasteiger partial charge in [-0.2, -0.15) is 0 Å². The minimum absolute atomic E-state index is 0.0134. The van der Waals surface area contributed by atoms with Gasteiger partial charge in [-0.05, 0) is 49.2 Å². The van der Waals surface area contributed by atoms with Crippen LogP contribution in [0.4, 0.5) is 10.1 Å². The summed E-state index contributed by atoms with van der Waals surface area (Å²) in [6.45, 7) is 2.52. The predicted octanol–water partition coefficient (Wildman–Crippen LogP) is 4.31. The fraction of sp³-hybridized carbons (Fsp3) is 0.200. The standard InChI is InChI=1S/C20H19FN4/c1-2-3-10-23-17-7-4-15(5-8-17)11-18(20-13-22-14-25-20)19-9-6-16(21)12-24-19/h2-10,12,14,18H,11,13H2,1H3/b3-2-,23-10?. The van der Waals surface area contributed by atoms with Crippen molar-refractivity contribution < 1.29 is 4.39 Å². The van der Waals surface area contributed by atoms with Crippen molar-refractivity contribution in [2.24, 2.45) is 15.0 Å². The number of aromatic nitrogens is 1. The molecule has 1 unspecified atom stereocenters. The predicted molar refractivity (Wildman–Crippen MR) is 101 cm³/mol. The highest BCUT2D eigenvalue weighted by Crippen LogP contribution is 2.24. The molecule has 1 aromatic carbocycles. The summed E-state index contributed by atoms with van der Waals surface area (Å²) < 4.78 is 13.2. The van der Waals surface area contributed by atoms with Gasteiger partial charge in [0.2, 0.25) is 0 Å². The van der Waals surface area contributed by atoms with E-state index in [4.69, 9.17) is 0 Å². The molecule has 25 heavy (non-hydrogen) atoms. The maximum absolute atomic E-state index is 13.2. The van der Waals surface area contributed by atoms with Gasteiger partial charge in [0.15, 0.2) is 0 Å². The Balaban J connectivity index is 1.79. The molecule has 1 aliphatic heterocycles. The molecular weight excluding hydrogens is 315 g/mol. The van der Waals surface area contributed by atoms with Gasteiger partial charge in [0.25, 0.3) is 0 Å². The second-order valence-electron chi connectivity index (χ2n) is 5.70. The van der Waals surface area contributed by atoms with Crippen molar-refractivity contribution in [2.75, 3.05) is 6.54 Å². The van der Waals surface area contributed by atoms with E-state index in [2.05, 4.69) is 32.1 Å². The highest BCUT2D eigenvalue weighted by Gasteiger charge is 2.21. The Morgan fingerprint density at radius 1 is 1.20 bits per heavy atom. The summed E-state index contributed by atoms with van der Waals surface area (Å²) in [4.78, 5) is 17.1. The molecule has 0 saturated heterocycles. The summed E-state index contributed by atoms with van der Waals surface area (Å²) in [6.07, 6.45) is 9.15. The Morgan fingerprint density at radius 2 is 2.04 bits per heavy atom. The number of benzene rings is 1. The molecule has 0 N–H and O–H groups in total. The van der Waals surface area contributed by atoms with Crippen LogP contribution in [0.1, 0.15) is 24.1 Å². The van der Waals surface area contributed by atoms with Gasteiger partial charge in [0.05, 0.1) is 24.1 Å². The molecule has 0 saturated carbocycles. The lowest BCUT2D eigenvalue weighted by Crippen LogP contribution is -2.18. The Hall–Kier alpha value is -2.95. The Bertz CT molecular complexity index is 818. The first-order valence-corrected chi connectivity index (χ1v) is 8.17. The van der Waals surface area contributed by atoms with Gasteiger partial charge in [-0.3, -0.25) is 15.0 Å². The molecule has 2 aromatic rings. The molecule has 126 valence electrons. The Kier molecular flexibility index (Phi) is 5.57. The first-order valence-electron chi connectivity index (χ1n) is 8.17. The third-order valence-corrected chi connectivity index (χ3v) is 3.95. The Labute approximate surface area is 146 Å². The van der Waals surface area contributed by atoms with Crippen LogP contribution >= 0.6 is 0 Å². The summed E-state index contributed by atoms with van der Waals surface area (Å²) in [5.74, 6) is -0.351. The van der Waals surface area contributed by atoms with E-state index in [-0.39, 0.29) is 11.7 Å². The average Bonchev–Trinajstić information content (AvgIpc) is 3.16. The van der Waals surface area contributed by atoms with E-state index in [1.165, 1.54) is 12.3 Å². The monoisotopic (exact) mass is 334 g/mol. The second-order valence-corrected chi connectivity index (χ2v) is 5.70. The molecule has 2 heterocycles. The summed E-state index contributed by atoms with van der Waals surface area (Å²) in [6, 6.07) is 11.2. The number of nitrogens with zero attached hydrogens (tertiary/aromatic N) is 4. The van der Waals surface area contributed by atoms with Crippen LogP contribution in [0.3, 0.4) is 0 Å². The van der Waals surface area contributed by atoms with Crippen molar-refractivity contribution in [3.63, 3.8) is 0 Å². The van der Waals surface area contributed by atoms with Gasteiger partial charge in [0, 0.05) is 17.8 Å². The van der Waals surface area contributed by atoms with Crippen LogP contribution in [0.5, 0.6) is 0 Å². The zero-order valence-electron chi connectivity index (χ0n) is 14.0. The van der Waals surface area contributed by atoms with Crippen molar-refractivity contribution in [3.8, 4) is 0 Å². The van der Waals surface area contributed by atoms with Gasteiger partial charge in [-0.25, -0.2) is 9.38 Å². The maximum Gasteiger partial charge on any atom is 0.141 e. The third kappa shape index (κ3) is 4.53. The molecule has 0 fully saturated rings. The molecule has 0 radical (unpaired) electrons. The minimum atomic E-state index is -0.338. The summed E-state index contributed by atoms with van der Waals surface area (Å²) in [5.41, 5.74) is 3.81. The van der Waals surface area contributed by atoms with Gasteiger partial charge < -0.3 is 0 Å². The first-order chi connectivity index (χ1) is 12.3. The highest BCUT2D eigenvalue weighted by atomic mass is 19.1. The molecule has 1 aliphatic rings. The molecule has 5 heteroatoms. The lowest BCUT2D eigenvalue weighted by Gasteiger charge is -2.16. The number of allylic oxidation sites excluding steroid dienone is 2. The van der Waals surface area contributed by atoms with Gasteiger partial charge in [-0.15, -0.1) is 0 Å². The molecule has 1 aromatic heterocycles. The largest absolute Gasteiger partial charge is 0.267 e. The lowest BCUT2D eigenvalue weighted by molar-refractivity contribution is 0.618. The number of halogens is 1. The van der Waals surface area contributed by atoms with Crippen LogP contribution in [0, 0.1) is 5.82 Å². The van der Waals surface area contributed by atoms with E-state index in [9.17, 15) is 4.39 Å². The molecule has 0 spiro atoms. The number of hydrogen-bond acceptors (Lipinski definition) is 4. The molecular formula is C20H19FN4. The van der Waals surface area contributed by atoms with E-state index in [0.29, 0.717) is 6.54 Å². The Morgan fingerprint density at radius 3 is 2.68 bits per heavy atom. The topological polar surface area (TPSA) is 50.0 Å². The molecule has 0 amide bonds.